The predicted molar refractivity (Wildman–Crippen MR) is 93.7 cm³/mol. The van der Waals surface area contributed by atoms with Gasteiger partial charge in [-0.1, -0.05) is 0 Å². The van der Waals surface area contributed by atoms with E-state index < -0.39 is 0 Å². The van der Waals surface area contributed by atoms with Crippen molar-refractivity contribution in [2.75, 3.05) is 46.0 Å². The Morgan fingerprint density at radius 2 is 1.81 bits per heavy atom. The van der Waals surface area contributed by atoms with Gasteiger partial charge in [0.25, 0.3) is 0 Å². The van der Waals surface area contributed by atoms with Crippen LogP contribution >= 0.6 is 0 Å². The number of ether oxygens (including phenoxy) is 3. The van der Waals surface area contributed by atoms with E-state index in [1.165, 1.54) is 0 Å². The lowest BCUT2D eigenvalue weighted by atomic mass is 9.96. The van der Waals surface area contributed by atoms with Crippen molar-refractivity contribution in [1.82, 2.24) is 9.80 Å². The highest BCUT2D eigenvalue weighted by atomic mass is 16.6. The van der Waals surface area contributed by atoms with Crippen molar-refractivity contribution in [3.63, 3.8) is 0 Å². The van der Waals surface area contributed by atoms with Crippen LogP contribution in [0.5, 0.6) is 11.5 Å². The minimum Gasteiger partial charge on any atom is -0.493 e. The van der Waals surface area contributed by atoms with Gasteiger partial charge in [0.15, 0.2) is 0 Å². The van der Waals surface area contributed by atoms with Gasteiger partial charge in [0, 0.05) is 55.7 Å². The van der Waals surface area contributed by atoms with E-state index in [0.29, 0.717) is 52.4 Å². The number of carbonyl (C=O) groups is 2. The van der Waals surface area contributed by atoms with Crippen LogP contribution < -0.4 is 9.47 Å². The normalized spacial score (nSPS) is 18.0. The Balaban J connectivity index is 1.45. The summed E-state index contributed by atoms with van der Waals surface area (Å²) in [6.45, 7) is 5.57. The highest BCUT2D eigenvalue weighted by Crippen LogP contribution is 2.41. The topological polar surface area (TPSA) is 68.3 Å². The number of hydrogen-bond donors (Lipinski definition) is 0. The molecule has 3 heterocycles. The van der Waals surface area contributed by atoms with E-state index in [9.17, 15) is 9.59 Å². The van der Waals surface area contributed by atoms with Crippen LogP contribution in [0.4, 0.5) is 4.79 Å². The molecular weight excluding hydrogens is 336 g/mol. The van der Waals surface area contributed by atoms with Crippen LogP contribution in [0.1, 0.15) is 23.6 Å². The zero-order chi connectivity index (χ0) is 18.1. The van der Waals surface area contributed by atoms with Gasteiger partial charge in [0.1, 0.15) is 11.5 Å². The molecule has 0 N–H and O–H groups in total. The molecule has 0 aliphatic carbocycles. The molecule has 3 aliphatic rings. The molecule has 1 saturated heterocycles. The third kappa shape index (κ3) is 3.06. The van der Waals surface area contributed by atoms with Crippen molar-refractivity contribution in [2.45, 2.75) is 26.2 Å². The highest BCUT2D eigenvalue weighted by Gasteiger charge is 2.30. The molecule has 140 valence electrons. The number of benzene rings is 1. The molecule has 0 unspecified atom stereocenters. The van der Waals surface area contributed by atoms with Gasteiger partial charge in [0.2, 0.25) is 5.91 Å². The van der Waals surface area contributed by atoms with E-state index in [1.54, 1.807) is 11.8 Å². The molecule has 0 radical (unpaired) electrons. The van der Waals surface area contributed by atoms with Crippen molar-refractivity contribution in [2.24, 2.45) is 0 Å². The Labute approximate surface area is 152 Å². The minimum atomic E-state index is -0.302. The number of fused-ring (bicyclic) bond motifs is 2. The minimum absolute atomic E-state index is 0.0755. The van der Waals surface area contributed by atoms with Crippen LogP contribution in [0, 0.1) is 0 Å². The lowest BCUT2D eigenvalue weighted by Crippen LogP contribution is -2.51. The van der Waals surface area contributed by atoms with E-state index in [4.69, 9.17) is 14.2 Å². The van der Waals surface area contributed by atoms with Crippen molar-refractivity contribution in [3.05, 3.63) is 22.8 Å². The van der Waals surface area contributed by atoms with E-state index in [0.717, 1.165) is 41.0 Å². The lowest BCUT2D eigenvalue weighted by Gasteiger charge is -2.34. The molecular formula is C19H24N2O5. The lowest BCUT2D eigenvalue weighted by molar-refractivity contribution is -0.132. The maximum atomic E-state index is 12.9. The second kappa shape index (κ2) is 7.05. The van der Waals surface area contributed by atoms with Crippen molar-refractivity contribution < 1.29 is 23.8 Å². The summed E-state index contributed by atoms with van der Waals surface area (Å²) >= 11 is 0. The van der Waals surface area contributed by atoms with Crippen molar-refractivity contribution in [1.29, 1.82) is 0 Å². The van der Waals surface area contributed by atoms with Gasteiger partial charge in [-0.05, 0) is 13.0 Å². The van der Waals surface area contributed by atoms with Gasteiger partial charge in [-0.25, -0.2) is 4.79 Å². The molecule has 7 nitrogen and oxygen atoms in total. The van der Waals surface area contributed by atoms with Crippen LogP contribution in [0.15, 0.2) is 6.07 Å². The van der Waals surface area contributed by atoms with Gasteiger partial charge < -0.3 is 24.0 Å². The first-order chi connectivity index (χ1) is 12.7. The fourth-order valence-electron chi connectivity index (χ4n) is 3.89. The Morgan fingerprint density at radius 1 is 1.08 bits per heavy atom. The van der Waals surface area contributed by atoms with Crippen LogP contribution in [-0.2, 0) is 28.8 Å². The maximum absolute atomic E-state index is 12.9. The number of amides is 2. The van der Waals surface area contributed by atoms with Crippen LogP contribution in [0.3, 0.4) is 0 Å². The zero-order valence-corrected chi connectivity index (χ0v) is 15.1. The van der Waals surface area contributed by atoms with Crippen LogP contribution in [-0.4, -0.2) is 67.8 Å². The number of carbonyl (C=O) groups excluding carboxylic acids is 2. The van der Waals surface area contributed by atoms with E-state index >= 15 is 0 Å². The molecule has 4 rings (SSSR count). The fraction of sp³-hybridized carbons (Fsp3) is 0.579. The van der Waals surface area contributed by atoms with Gasteiger partial charge in [-0.2, -0.15) is 0 Å². The number of piperazine rings is 1. The third-order valence-corrected chi connectivity index (χ3v) is 5.25. The summed E-state index contributed by atoms with van der Waals surface area (Å²) in [5.74, 6) is 1.86. The fourth-order valence-corrected chi connectivity index (χ4v) is 3.89. The largest absolute Gasteiger partial charge is 0.493 e. The number of rotatable bonds is 3. The van der Waals surface area contributed by atoms with Gasteiger partial charge in [-0.3, -0.25) is 4.79 Å². The molecule has 0 atom stereocenters. The monoisotopic (exact) mass is 360 g/mol. The van der Waals surface area contributed by atoms with Gasteiger partial charge in [-0.15, -0.1) is 0 Å². The van der Waals surface area contributed by atoms with Crippen LogP contribution in [0.2, 0.25) is 0 Å². The molecule has 0 aromatic heterocycles. The summed E-state index contributed by atoms with van der Waals surface area (Å²) in [5.41, 5.74) is 3.25. The second-order valence-corrected chi connectivity index (χ2v) is 6.76. The quantitative estimate of drug-likeness (QED) is 0.815. The van der Waals surface area contributed by atoms with Gasteiger partial charge >= 0.3 is 6.09 Å². The van der Waals surface area contributed by atoms with E-state index in [1.807, 2.05) is 4.90 Å². The second-order valence-electron chi connectivity index (χ2n) is 6.76. The molecule has 0 spiro atoms. The summed E-state index contributed by atoms with van der Waals surface area (Å²) in [7, 11) is 0. The van der Waals surface area contributed by atoms with Crippen molar-refractivity contribution in [3.8, 4) is 11.5 Å². The van der Waals surface area contributed by atoms with E-state index in [2.05, 4.69) is 6.07 Å². The molecule has 1 aromatic rings. The molecule has 1 fully saturated rings. The predicted octanol–water partition coefficient (Wildman–Crippen LogP) is 1.40. The highest BCUT2D eigenvalue weighted by molar-refractivity contribution is 5.81. The molecule has 1 aromatic carbocycles. The molecule has 2 amide bonds. The Morgan fingerprint density at radius 3 is 2.58 bits per heavy atom. The average molecular weight is 360 g/mol. The summed E-state index contributed by atoms with van der Waals surface area (Å²) in [4.78, 5) is 28.1. The Hall–Kier alpha value is -2.44. The molecule has 3 aliphatic heterocycles. The van der Waals surface area contributed by atoms with Crippen LogP contribution in [0.25, 0.3) is 0 Å². The molecule has 26 heavy (non-hydrogen) atoms. The first-order valence-corrected chi connectivity index (χ1v) is 9.30. The number of hydrogen-bond acceptors (Lipinski definition) is 5. The molecule has 7 heteroatoms. The molecule has 0 saturated carbocycles. The first-order valence-electron chi connectivity index (χ1n) is 9.30. The molecule has 0 bridgehead atoms. The smallest absolute Gasteiger partial charge is 0.409 e. The standard InChI is InChI=1S/C19H24N2O5/c1-2-24-19(23)21-7-5-20(6-8-21)17(22)12-15-14-4-10-25-16(14)11-13-3-9-26-18(13)15/h11H,2-10,12H2,1H3. The Kier molecular flexibility index (Phi) is 4.61. The van der Waals surface area contributed by atoms with E-state index in [-0.39, 0.29) is 12.0 Å². The summed E-state index contributed by atoms with van der Waals surface area (Å²) in [5, 5.41) is 0. The summed E-state index contributed by atoms with van der Waals surface area (Å²) < 4.78 is 16.6. The maximum Gasteiger partial charge on any atom is 0.409 e. The third-order valence-electron chi connectivity index (χ3n) is 5.25. The summed E-state index contributed by atoms with van der Waals surface area (Å²) in [6.07, 6.45) is 1.72. The number of nitrogens with zero attached hydrogens (tertiary/aromatic N) is 2. The first kappa shape index (κ1) is 17.0. The SMILES string of the molecule is CCOC(=O)N1CCN(C(=O)Cc2c3c(cc4c2OCC4)OCC3)CC1. The summed E-state index contributed by atoms with van der Waals surface area (Å²) in [6, 6.07) is 2.07. The zero-order valence-electron chi connectivity index (χ0n) is 15.1. The Bertz CT molecular complexity index is 693. The van der Waals surface area contributed by atoms with Crippen molar-refractivity contribution >= 4 is 12.0 Å². The average Bonchev–Trinajstić information content (AvgIpc) is 3.30. The van der Waals surface area contributed by atoms with Gasteiger partial charge in [0.05, 0.1) is 26.2 Å².